The first-order valence-corrected chi connectivity index (χ1v) is 32.1. The van der Waals surface area contributed by atoms with Crippen LogP contribution < -0.4 is 37.2 Å². The number of carbonyl (C=O) groups excluding carboxylic acids is 7. The molecule has 3 saturated heterocycles. The van der Waals surface area contributed by atoms with Crippen LogP contribution in [-0.2, 0) is 93.9 Å². The highest BCUT2D eigenvalue weighted by Gasteiger charge is 2.48. The SMILES string of the molecule is CC(=O)NC1C(OCCOCCNC(=O)CN(CC(=O)NCCOCCOC2OC(CO)C(O)C(O)C2NC(C)=O)C(Cc2ccc(CNC(=O)[C@H]3CC[C@H](OC(C)(C)C)CC3)cc2)C(=O)NCCOCCOC2OC(CO)C(O)C(O)C2NC(C)=O)OC(CO)C(O)C1O. The molecule has 3 aliphatic heterocycles. The predicted octanol–water partition coefficient (Wildman–Crippen LogP) is -6.83. The number of carbonyl (C=O) groups is 7. The quantitative estimate of drug-likeness (QED) is 0.0272. The van der Waals surface area contributed by atoms with Gasteiger partial charge in [0, 0.05) is 52.9 Å². The highest BCUT2D eigenvalue weighted by atomic mass is 16.7. The van der Waals surface area contributed by atoms with Gasteiger partial charge in [-0.05, 0) is 64.0 Å². The number of hydrogen-bond donors (Lipinski definition) is 16. The van der Waals surface area contributed by atoms with Gasteiger partial charge in [-0.3, -0.25) is 38.5 Å². The molecule has 34 heteroatoms. The van der Waals surface area contributed by atoms with Crippen molar-refractivity contribution in [3.8, 4) is 0 Å². The second-order valence-electron chi connectivity index (χ2n) is 24.6. The zero-order chi connectivity index (χ0) is 69.8. The number of aliphatic hydroxyl groups excluding tert-OH is 9. The zero-order valence-electron chi connectivity index (χ0n) is 54.9. The van der Waals surface area contributed by atoms with Crippen LogP contribution in [0.25, 0.3) is 0 Å². The minimum atomic E-state index is -1.53. The Balaban J connectivity index is 1.25. The lowest BCUT2D eigenvalue weighted by Gasteiger charge is -2.42. The zero-order valence-corrected chi connectivity index (χ0v) is 54.9. The maximum absolute atomic E-state index is 14.5. The van der Waals surface area contributed by atoms with Crippen LogP contribution in [0.5, 0.6) is 0 Å². The summed E-state index contributed by atoms with van der Waals surface area (Å²) in [6.07, 6.45) is -13.6. The fourth-order valence-electron chi connectivity index (χ4n) is 11.1. The molecule has 34 nitrogen and oxygen atoms in total. The van der Waals surface area contributed by atoms with Crippen molar-refractivity contribution in [3.63, 3.8) is 0 Å². The van der Waals surface area contributed by atoms with Gasteiger partial charge in [-0.25, -0.2) is 0 Å². The molecule has 95 heavy (non-hydrogen) atoms. The molecule has 5 rings (SSSR count). The lowest BCUT2D eigenvalue weighted by Crippen LogP contribution is -2.64. The van der Waals surface area contributed by atoms with Gasteiger partial charge in [0.1, 0.15) is 73.1 Å². The Kier molecular flexibility index (Phi) is 34.9. The Morgan fingerprint density at radius 1 is 0.505 bits per heavy atom. The minimum Gasteiger partial charge on any atom is -0.394 e. The summed E-state index contributed by atoms with van der Waals surface area (Å²) in [5, 5.41) is 111. The molecular formula is C61H102N8O26. The van der Waals surface area contributed by atoms with E-state index in [4.69, 9.17) is 47.4 Å². The molecule has 542 valence electrons. The number of nitrogens with one attached hydrogen (secondary N) is 7. The predicted molar refractivity (Wildman–Crippen MR) is 329 cm³/mol. The first-order chi connectivity index (χ1) is 45.2. The van der Waals surface area contributed by atoms with E-state index in [1.54, 1.807) is 24.3 Å². The van der Waals surface area contributed by atoms with E-state index < -0.39 is 166 Å². The summed E-state index contributed by atoms with van der Waals surface area (Å²) >= 11 is 0. The van der Waals surface area contributed by atoms with E-state index in [-0.39, 0.29) is 116 Å². The van der Waals surface area contributed by atoms with Crippen molar-refractivity contribution in [1.82, 2.24) is 42.1 Å². The fourth-order valence-corrected chi connectivity index (χ4v) is 11.1. The summed E-state index contributed by atoms with van der Waals surface area (Å²) in [6, 6.07) is 2.38. The molecule has 1 saturated carbocycles. The molecular weight excluding hydrogens is 1260 g/mol. The van der Waals surface area contributed by atoms with Gasteiger partial charge >= 0.3 is 0 Å². The number of amides is 7. The topological polar surface area (TPSA) is 481 Å². The Morgan fingerprint density at radius 3 is 1.23 bits per heavy atom. The lowest BCUT2D eigenvalue weighted by molar-refractivity contribution is -0.272. The summed E-state index contributed by atoms with van der Waals surface area (Å²) in [5.74, 6) is -3.70. The standard InChI is InChI=1S/C61H102N8O26/c1-34(73)66-47-53(81)50(78)42(31-70)92-58(47)89-24-21-86-18-15-62-45(76)29-69(30-46(77)63-16-19-87-22-25-90-59-48(67-35(2)74)54(82)51(79)43(32-71)93-59)41(27-37-7-9-38(10-8-37)28-65-56(84)39-11-13-40(14-12-39)95-61(4,5)6)57(85)64-17-20-88-23-26-91-60-49(68-36(3)75)55(83)52(80)44(33-72)94-60/h7-10,39-44,47-55,58-60,70-72,78-83H,11-33H2,1-6H3,(H,62,76)(H,63,77)(H,64,85)(H,65,84)(H,66,73)(H,67,74)(H,68,75)/t39-,40-,41?,42?,43?,44?,47?,48?,49?,50?,51?,52?,53?,54?,55?,58?,59?,60?. The van der Waals surface area contributed by atoms with E-state index in [1.807, 2.05) is 20.8 Å². The Bertz CT molecular complexity index is 2420. The van der Waals surface area contributed by atoms with Crippen molar-refractivity contribution >= 4 is 41.4 Å². The van der Waals surface area contributed by atoms with Crippen molar-refractivity contribution in [3.05, 3.63) is 35.4 Å². The summed E-state index contributed by atoms with van der Waals surface area (Å²) in [6.45, 7) is 5.79. The van der Waals surface area contributed by atoms with Crippen LogP contribution in [0.2, 0.25) is 0 Å². The number of aliphatic hydroxyl groups is 9. The molecule has 0 aromatic heterocycles. The first kappa shape index (κ1) is 80.4. The lowest BCUT2D eigenvalue weighted by atomic mass is 9.86. The van der Waals surface area contributed by atoms with Gasteiger partial charge < -0.3 is 131 Å². The Labute approximate surface area is 552 Å². The van der Waals surface area contributed by atoms with Crippen molar-refractivity contribution < 1.29 is 127 Å². The number of benzene rings is 1. The van der Waals surface area contributed by atoms with Gasteiger partial charge in [0.15, 0.2) is 18.9 Å². The van der Waals surface area contributed by atoms with E-state index in [9.17, 15) is 79.5 Å². The molecule has 7 amide bonds. The Hall–Kier alpha value is -5.29. The van der Waals surface area contributed by atoms with Crippen molar-refractivity contribution in [1.29, 1.82) is 0 Å². The molecule has 0 radical (unpaired) electrons. The van der Waals surface area contributed by atoms with Crippen LogP contribution in [0.15, 0.2) is 24.3 Å². The van der Waals surface area contributed by atoms with Gasteiger partial charge in [0.2, 0.25) is 41.4 Å². The van der Waals surface area contributed by atoms with Gasteiger partial charge in [-0.2, -0.15) is 0 Å². The van der Waals surface area contributed by atoms with Gasteiger partial charge in [-0.15, -0.1) is 0 Å². The average Bonchev–Trinajstić information content (AvgIpc) is 0.862. The van der Waals surface area contributed by atoms with Gasteiger partial charge in [-0.1, -0.05) is 24.3 Å². The van der Waals surface area contributed by atoms with E-state index in [2.05, 4.69) is 37.2 Å². The van der Waals surface area contributed by atoms with Crippen LogP contribution >= 0.6 is 0 Å². The highest BCUT2D eigenvalue weighted by molar-refractivity contribution is 5.86. The van der Waals surface area contributed by atoms with E-state index >= 15 is 0 Å². The maximum Gasteiger partial charge on any atom is 0.237 e. The largest absolute Gasteiger partial charge is 0.394 e. The molecule has 16 N–H and O–H groups in total. The third kappa shape index (κ3) is 27.2. The van der Waals surface area contributed by atoms with Crippen LogP contribution in [0.4, 0.5) is 0 Å². The van der Waals surface area contributed by atoms with Crippen molar-refractivity contribution in [2.45, 2.75) is 190 Å². The molecule has 1 aliphatic carbocycles. The maximum atomic E-state index is 14.5. The highest BCUT2D eigenvalue weighted by Crippen LogP contribution is 2.30. The summed E-state index contributed by atoms with van der Waals surface area (Å²) < 4.78 is 57.0. The van der Waals surface area contributed by atoms with Crippen molar-refractivity contribution in [2.75, 3.05) is 112 Å². The number of ether oxygens (including phenoxy) is 10. The molecule has 16 unspecified atom stereocenters. The molecule has 4 fully saturated rings. The molecule has 1 aromatic carbocycles. The van der Waals surface area contributed by atoms with E-state index in [0.717, 1.165) is 18.4 Å². The van der Waals surface area contributed by atoms with Crippen LogP contribution in [0.3, 0.4) is 0 Å². The van der Waals surface area contributed by atoms with Gasteiger partial charge in [0.05, 0.1) is 110 Å². The van der Waals surface area contributed by atoms with E-state index in [1.165, 1.54) is 25.7 Å². The molecule has 4 aliphatic rings. The fraction of sp³-hybridized carbons (Fsp3) is 0.787. The van der Waals surface area contributed by atoms with Crippen LogP contribution in [0, 0.1) is 5.92 Å². The van der Waals surface area contributed by atoms with Crippen molar-refractivity contribution in [2.24, 2.45) is 5.92 Å². The monoisotopic (exact) mass is 1360 g/mol. The first-order valence-electron chi connectivity index (χ1n) is 32.1. The minimum absolute atomic E-state index is 0.0445. The molecule has 0 bridgehead atoms. The second kappa shape index (κ2) is 41.2. The summed E-state index contributed by atoms with van der Waals surface area (Å²) in [4.78, 5) is 92.6. The third-order valence-electron chi connectivity index (χ3n) is 15.9. The average molecular weight is 1360 g/mol. The number of rotatable bonds is 39. The summed E-state index contributed by atoms with van der Waals surface area (Å²) in [7, 11) is 0. The van der Waals surface area contributed by atoms with E-state index in [0.29, 0.717) is 18.4 Å². The molecule has 1 aromatic rings. The third-order valence-corrected chi connectivity index (χ3v) is 15.9. The molecule has 3 heterocycles. The summed E-state index contributed by atoms with van der Waals surface area (Å²) in [5.41, 5.74) is 1.10. The molecule has 16 atom stereocenters. The normalized spacial score (nSPS) is 29.0. The van der Waals surface area contributed by atoms with Crippen LogP contribution in [-0.4, -0.2) is 314 Å². The smallest absolute Gasteiger partial charge is 0.237 e. The number of nitrogens with zero attached hydrogens (tertiary/aromatic N) is 1. The van der Waals surface area contributed by atoms with Crippen LogP contribution in [0.1, 0.15) is 78.4 Å². The molecule has 0 spiro atoms. The Morgan fingerprint density at radius 2 is 0.874 bits per heavy atom. The number of hydrogen-bond acceptors (Lipinski definition) is 27. The second-order valence-corrected chi connectivity index (χ2v) is 24.6. The van der Waals surface area contributed by atoms with Gasteiger partial charge in [0.25, 0.3) is 0 Å².